The van der Waals surface area contributed by atoms with Crippen LogP contribution < -0.4 is 15.5 Å². The number of anilines is 2. The second-order valence-corrected chi connectivity index (χ2v) is 5.44. The van der Waals surface area contributed by atoms with Crippen LogP contribution in [0.25, 0.3) is 0 Å². The van der Waals surface area contributed by atoms with Crippen LogP contribution in [-0.2, 0) is 4.79 Å². The number of amides is 1. The zero-order chi connectivity index (χ0) is 13.1. The molecular formula is C15H21N3O. The molecule has 1 aliphatic heterocycles. The molecule has 0 aromatic heterocycles. The molecule has 102 valence electrons. The molecular weight excluding hydrogens is 238 g/mol. The van der Waals surface area contributed by atoms with Gasteiger partial charge in [0.1, 0.15) is 0 Å². The van der Waals surface area contributed by atoms with Gasteiger partial charge in [0.05, 0.1) is 6.54 Å². The lowest BCUT2D eigenvalue weighted by atomic mass is 10.2. The Morgan fingerprint density at radius 2 is 1.84 bits per heavy atom. The van der Waals surface area contributed by atoms with Crippen molar-refractivity contribution in [2.24, 2.45) is 0 Å². The topological polar surface area (TPSA) is 44.4 Å². The van der Waals surface area contributed by atoms with E-state index < -0.39 is 0 Å². The molecule has 2 N–H and O–H groups in total. The third-order valence-corrected chi connectivity index (χ3v) is 3.73. The van der Waals surface area contributed by atoms with E-state index in [2.05, 4.69) is 39.8 Å². The number of nitrogens with one attached hydrogen (secondary N) is 2. The molecule has 0 spiro atoms. The minimum Gasteiger partial charge on any atom is -0.376 e. The second-order valence-electron chi connectivity index (χ2n) is 5.44. The van der Waals surface area contributed by atoms with Gasteiger partial charge in [-0.05, 0) is 49.9 Å². The summed E-state index contributed by atoms with van der Waals surface area (Å²) < 4.78 is 0. The molecule has 1 aromatic rings. The molecule has 1 aliphatic carbocycles. The van der Waals surface area contributed by atoms with Gasteiger partial charge in [0, 0.05) is 30.5 Å². The molecule has 2 fully saturated rings. The number of nitrogens with zero attached hydrogens (tertiary/aromatic N) is 1. The van der Waals surface area contributed by atoms with E-state index in [0.29, 0.717) is 12.6 Å². The summed E-state index contributed by atoms with van der Waals surface area (Å²) in [6, 6.07) is 8.81. The number of benzene rings is 1. The summed E-state index contributed by atoms with van der Waals surface area (Å²) in [5.41, 5.74) is 2.29. The van der Waals surface area contributed by atoms with Crippen LogP contribution in [0.1, 0.15) is 25.7 Å². The van der Waals surface area contributed by atoms with Crippen LogP contribution >= 0.6 is 0 Å². The number of rotatable bonds is 5. The molecule has 1 heterocycles. The van der Waals surface area contributed by atoms with Gasteiger partial charge in [-0.1, -0.05) is 0 Å². The predicted octanol–water partition coefficient (Wildman–Crippen LogP) is 1.98. The lowest BCUT2D eigenvalue weighted by Gasteiger charge is -2.17. The van der Waals surface area contributed by atoms with Crippen LogP contribution in [0.2, 0.25) is 0 Å². The summed E-state index contributed by atoms with van der Waals surface area (Å²) in [4.78, 5) is 14.0. The molecule has 1 saturated carbocycles. The fourth-order valence-electron chi connectivity index (χ4n) is 2.45. The van der Waals surface area contributed by atoms with E-state index in [9.17, 15) is 4.79 Å². The molecule has 2 aliphatic rings. The van der Waals surface area contributed by atoms with Gasteiger partial charge in [-0.15, -0.1) is 0 Å². The van der Waals surface area contributed by atoms with E-state index in [1.165, 1.54) is 18.5 Å². The van der Waals surface area contributed by atoms with E-state index in [4.69, 9.17) is 0 Å². The van der Waals surface area contributed by atoms with Gasteiger partial charge in [-0.25, -0.2) is 0 Å². The highest BCUT2D eigenvalue weighted by Crippen LogP contribution is 2.22. The third-order valence-electron chi connectivity index (χ3n) is 3.73. The van der Waals surface area contributed by atoms with E-state index in [0.717, 1.165) is 31.6 Å². The molecule has 3 rings (SSSR count). The fourth-order valence-corrected chi connectivity index (χ4v) is 2.45. The van der Waals surface area contributed by atoms with Crippen molar-refractivity contribution in [3.05, 3.63) is 24.3 Å². The summed E-state index contributed by atoms with van der Waals surface area (Å²) in [5.74, 6) is 0.0890. The number of hydrogen-bond donors (Lipinski definition) is 2. The third kappa shape index (κ3) is 3.40. The van der Waals surface area contributed by atoms with E-state index in [1.54, 1.807) is 0 Å². The average molecular weight is 259 g/mol. The monoisotopic (exact) mass is 259 g/mol. The Bertz CT molecular complexity index is 433. The minimum absolute atomic E-state index is 0.0890. The van der Waals surface area contributed by atoms with Gasteiger partial charge in [0.15, 0.2) is 0 Å². The van der Waals surface area contributed by atoms with E-state index >= 15 is 0 Å². The van der Waals surface area contributed by atoms with Crippen molar-refractivity contribution in [3.8, 4) is 0 Å². The molecule has 0 unspecified atom stereocenters. The SMILES string of the molecule is O=C(CNc1ccc(N2CCCC2)cc1)NC1CC1. The standard InChI is InChI=1S/C15H21N3O/c19-15(17-13-3-4-13)11-16-12-5-7-14(8-6-12)18-9-1-2-10-18/h5-8,13,16H,1-4,9-11H2,(H,17,19). The maximum atomic E-state index is 11.6. The Morgan fingerprint density at radius 1 is 1.16 bits per heavy atom. The lowest BCUT2D eigenvalue weighted by Crippen LogP contribution is -2.31. The summed E-state index contributed by atoms with van der Waals surface area (Å²) in [6.07, 6.45) is 4.86. The van der Waals surface area contributed by atoms with Crippen molar-refractivity contribution in [1.82, 2.24) is 5.32 Å². The summed E-state index contributed by atoms with van der Waals surface area (Å²) in [5, 5.41) is 6.14. The first kappa shape index (κ1) is 12.3. The van der Waals surface area contributed by atoms with Gasteiger partial charge >= 0.3 is 0 Å². The van der Waals surface area contributed by atoms with Crippen LogP contribution in [0.4, 0.5) is 11.4 Å². The Labute approximate surface area is 114 Å². The molecule has 19 heavy (non-hydrogen) atoms. The van der Waals surface area contributed by atoms with Crippen LogP contribution in [0.15, 0.2) is 24.3 Å². The first-order valence-electron chi connectivity index (χ1n) is 7.19. The normalized spacial score (nSPS) is 18.4. The smallest absolute Gasteiger partial charge is 0.239 e. The number of carbonyl (C=O) groups excluding carboxylic acids is 1. The Morgan fingerprint density at radius 3 is 2.47 bits per heavy atom. The highest BCUT2D eigenvalue weighted by molar-refractivity contribution is 5.81. The first-order chi connectivity index (χ1) is 9.31. The molecule has 0 atom stereocenters. The maximum absolute atomic E-state index is 11.6. The minimum atomic E-state index is 0.0890. The molecule has 1 saturated heterocycles. The van der Waals surface area contributed by atoms with Crippen LogP contribution in [0.5, 0.6) is 0 Å². The second kappa shape index (κ2) is 5.51. The highest BCUT2D eigenvalue weighted by atomic mass is 16.2. The molecule has 1 aromatic carbocycles. The van der Waals surface area contributed by atoms with Crippen molar-refractivity contribution >= 4 is 17.3 Å². The van der Waals surface area contributed by atoms with Crippen molar-refractivity contribution in [1.29, 1.82) is 0 Å². The summed E-state index contributed by atoms with van der Waals surface area (Å²) in [7, 11) is 0. The van der Waals surface area contributed by atoms with Crippen LogP contribution in [0.3, 0.4) is 0 Å². The quantitative estimate of drug-likeness (QED) is 0.850. The Hall–Kier alpha value is -1.71. The zero-order valence-corrected chi connectivity index (χ0v) is 11.2. The Kier molecular flexibility index (Phi) is 3.58. The van der Waals surface area contributed by atoms with Crippen molar-refractivity contribution in [2.45, 2.75) is 31.7 Å². The number of hydrogen-bond acceptors (Lipinski definition) is 3. The van der Waals surface area contributed by atoms with Crippen LogP contribution in [-0.4, -0.2) is 31.6 Å². The lowest BCUT2D eigenvalue weighted by molar-refractivity contribution is -0.119. The Balaban J connectivity index is 1.49. The molecule has 0 radical (unpaired) electrons. The van der Waals surface area contributed by atoms with Gasteiger partial charge < -0.3 is 15.5 Å². The van der Waals surface area contributed by atoms with Crippen molar-refractivity contribution in [3.63, 3.8) is 0 Å². The van der Waals surface area contributed by atoms with Crippen molar-refractivity contribution in [2.75, 3.05) is 29.9 Å². The molecule has 4 heteroatoms. The van der Waals surface area contributed by atoms with Gasteiger partial charge in [-0.2, -0.15) is 0 Å². The van der Waals surface area contributed by atoms with Crippen molar-refractivity contribution < 1.29 is 4.79 Å². The van der Waals surface area contributed by atoms with Gasteiger partial charge in [-0.3, -0.25) is 4.79 Å². The first-order valence-corrected chi connectivity index (χ1v) is 7.19. The predicted molar refractivity (Wildman–Crippen MR) is 77.5 cm³/mol. The molecule has 4 nitrogen and oxygen atoms in total. The molecule has 0 bridgehead atoms. The fraction of sp³-hybridized carbons (Fsp3) is 0.533. The summed E-state index contributed by atoms with van der Waals surface area (Å²) in [6.45, 7) is 2.69. The molecule has 1 amide bonds. The largest absolute Gasteiger partial charge is 0.376 e. The highest BCUT2D eigenvalue weighted by Gasteiger charge is 2.22. The van der Waals surface area contributed by atoms with Gasteiger partial charge in [0.25, 0.3) is 0 Å². The van der Waals surface area contributed by atoms with E-state index in [-0.39, 0.29) is 5.91 Å². The van der Waals surface area contributed by atoms with Gasteiger partial charge in [0.2, 0.25) is 5.91 Å². The average Bonchev–Trinajstić information content (AvgIpc) is 3.07. The van der Waals surface area contributed by atoms with Crippen LogP contribution in [0, 0.1) is 0 Å². The maximum Gasteiger partial charge on any atom is 0.239 e. The van der Waals surface area contributed by atoms with E-state index in [1.807, 2.05) is 0 Å². The zero-order valence-electron chi connectivity index (χ0n) is 11.2. The number of carbonyl (C=O) groups is 1. The summed E-state index contributed by atoms with van der Waals surface area (Å²) >= 11 is 0.